The third-order valence-corrected chi connectivity index (χ3v) is 4.07. The number of rotatable bonds is 10. The Labute approximate surface area is 151 Å². The molecule has 1 N–H and O–H groups in total. The Morgan fingerprint density at radius 3 is 2.36 bits per heavy atom. The first-order valence-electron chi connectivity index (χ1n) is 8.91. The van der Waals surface area contributed by atoms with Crippen LogP contribution in [0.1, 0.15) is 33.3 Å². The fraction of sp³-hybridized carbons (Fsp3) is 0.579. The van der Waals surface area contributed by atoms with Crippen molar-refractivity contribution in [3.8, 4) is 11.8 Å². The monoisotopic (exact) mass is 346 g/mol. The Morgan fingerprint density at radius 2 is 1.84 bits per heavy atom. The Hall–Kier alpha value is -2.26. The number of nitrogens with one attached hydrogen (secondary N) is 1. The lowest BCUT2D eigenvalue weighted by Gasteiger charge is -2.27. The molecule has 0 atom stereocenters. The molecule has 0 aliphatic rings. The first kappa shape index (κ1) is 20.8. The van der Waals surface area contributed by atoms with Crippen molar-refractivity contribution in [2.45, 2.75) is 33.7 Å². The summed E-state index contributed by atoms with van der Waals surface area (Å²) in [6, 6.07) is 9.07. The molecule has 0 saturated carbocycles. The van der Waals surface area contributed by atoms with Crippen molar-refractivity contribution in [3.05, 3.63) is 29.8 Å². The number of carbonyl (C=O) groups excluding carboxylic acids is 1. The van der Waals surface area contributed by atoms with Gasteiger partial charge < -0.3 is 19.9 Å². The summed E-state index contributed by atoms with van der Waals surface area (Å²) in [5.41, 5.74) is 0.601. The molecule has 0 saturated heterocycles. The summed E-state index contributed by atoms with van der Waals surface area (Å²) in [6.45, 7) is 12.6. The van der Waals surface area contributed by atoms with Gasteiger partial charge in [-0.3, -0.25) is 0 Å². The molecule has 25 heavy (non-hydrogen) atoms. The van der Waals surface area contributed by atoms with Crippen molar-refractivity contribution in [1.82, 2.24) is 15.1 Å². The minimum atomic E-state index is -0.0643. The van der Waals surface area contributed by atoms with Crippen LogP contribution in [0.4, 0.5) is 4.79 Å². The largest absolute Gasteiger partial charge is 0.492 e. The number of hydrogen-bond acceptors (Lipinski definition) is 4. The van der Waals surface area contributed by atoms with Crippen LogP contribution < -0.4 is 10.1 Å². The summed E-state index contributed by atoms with van der Waals surface area (Å²) in [5.74, 6) is 0.699. The molecule has 138 valence electrons. The minimum Gasteiger partial charge on any atom is -0.492 e. The number of nitriles is 1. The Morgan fingerprint density at radius 1 is 1.20 bits per heavy atom. The first-order valence-corrected chi connectivity index (χ1v) is 8.91. The number of carbonyl (C=O) groups is 1. The Balaban J connectivity index is 2.42. The zero-order valence-electron chi connectivity index (χ0n) is 15.8. The lowest BCUT2D eigenvalue weighted by Crippen LogP contribution is -2.47. The SMILES string of the molecule is CCN(CC)CCNC(=O)N(CCOc1ccc(C#N)cc1)C(C)C. The molecule has 2 amide bonds. The molecule has 6 heteroatoms. The number of likely N-dealkylation sites (N-methyl/N-ethyl adjacent to an activating group) is 1. The van der Waals surface area contributed by atoms with Gasteiger partial charge in [-0.15, -0.1) is 0 Å². The van der Waals surface area contributed by atoms with Crippen LogP contribution in [-0.2, 0) is 0 Å². The van der Waals surface area contributed by atoms with Gasteiger partial charge in [0.05, 0.1) is 18.2 Å². The van der Waals surface area contributed by atoms with Crippen molar-refractivity contribution in [2.75, 3.05) is 39.3 Å². The smallest absolute Gasteiger partial charge is 0.317 e. The average molecular weight is 346 g/mol. The molecule has 0 bridgehead atoms. The molecule has 1 aromatic rings. The molecular weight excluding hydrogens is 316 g/mol. The second-order valence-electron chi connectivity index (χ2n) is 6.03. The van der Waals surface area contributed by atoms with Crippen LogP contribution in [-0.4, -0.2) is 61.2 Å². The third-order valence-electron chi connectivity index (χ3n) is 4.07. The van der Waals surface area contributed by atoms with Crippen LogP contribution in [0.25, 0.3) is 0 Å². The van der Waals surface area contributed by atoms with Crippen LogP contribution in [0.15, 0.2) is 24.3 Å². The van der Waals surface area contributed by atoms with Gasteiger partial charge in [0.1, 0.15) is 12.4 Å². The van der Waals surface area contributed by atoms with E-state index in [4.69, 9.17) is 10.00 Å². The van der Waals surface area contributed by atoms with Crippen LogP contribution >= 0.6 is 0 Å². The number of hydrogen-bond donors (Lipinski definition) is 1. The highest BCUT2D eigenvalue weighted by Gasteiger charge is 2.16. The molecular formula is C19H30N4O2. The van der Waals surface area contributed by atoms with Gasteiger partial charge in [-0.1, -0.05) is 13.8 Å². The topological polar surface area (TPSA) is 68.6 Å². The Kier molecular flexibility index (Phi) is 9.41. The second-order valence-corrected chi connectivity index (χ2v) is 6.03. The highest BCUT2D eigenvalue weighted by Crippen LogP contribution is 2.11. The zero-order valence-corrected chi connectivity index (χ0v) is 15.8. The van der Waals surface area contributed by atoms with E-state index in [-0.39, 0.29) is 12.1 Å². The van der Waals surface area contributed by atoms with Gasteiger partial charge in [0, 0.05) is 19.1 Å². The van der Waals surface area contributed by atoms with Crippen molar-refractivity contribution < 1.29 is 9.53 Å². The fourth-order valence-electron chi connectivity index (χ4n) is 2.44. The maximum Gasteiger partial charge on any atom is 0.317 e. The number of benzene rings is 1. The summed E-state index contributed by atoms with van der Waals surface area (Å²) >= 11 is 0. The number of ether oxygens (including phenoxy) is 1. The van der Waals surface area contributed by atoms with E-state index in [0.29, 0.717) is 31.0 Å². The van der Waals surface area contributed by atoms with Crippen LogP contribution in [0.3, 0.4) is 0 Å². The standard InChI is InChI=1S/C19H30N4O2/c1-5-22(6-2)12-11-21-19(24)23(16(3)4)13-14-25-18-9-7-17(15-20)8-10-18/h7-10,16H,5-6,11-14H2,1-4H3,(H,21,24). The quantitative estimate of drug-likeness (QED) is 0.707. The van der Waals surface area contributed by atoms with Gasteiger partial charge in [-0.25, -0.2) is 4.79 Å². The molecule has 0 fully saturated rings. The molecule has 0 aliphatic carbocycles. The van der Waals surface area contributed by atoms with E-state index in [1.54, 1.807) is 29.2 Å². The van der Waals surface area contributed by atoms with E-state index >= 15 is 0 Å². The van der Waals surface area contributed by atoms with E-state index in [1.165, 1.54) is 0 Å². The third kappa shape index (κ3) is 7.44. The van der Waals surface area contributed by atoms with E-state index in [0.717, 1.165) is 19.6 Å². The van der Waals surface area contributed by atoms with Crippen molar-refractivity contribution in [3.63, 3.8) is 0 Å². The Bertz CT molecular complexity index is 548. The second kappa shape index (κ2) is 11.3. The van der Waals surface area contributed by atoms with Gasteiger partial charge in [-0.05, 0) is 51.2 Å². The summed E-state index contributed by atoms with van der Waals surface area (Å²) in [6.07, 6.45) is 0. The number of nitrogens with zero attached hydrogens (tertiary/aromatic N) is 3. The molecule has 0 radical (unpaired) electrons. The van der Waals surface area contributed by atoms with Crippen molar-refractivity contribution in [2.24, 2.45) is 0 Å². The number of urea groups is 1. The highest BCUT2D eigenvalue weighted by molar-refractivity contribution is 5.74. The fourth-order valence-corrected chi connectivity index (χ4v) is 2.44. The predicted molar refractivity (Wildman–Crippen MR) is 99.7 cm³/mol. The molecule has 0 aromatic heterocycles. The van der Waals surface area contributed by atoms with Crippen LogP contribution in [0.2, 0.25) is 0 Å². The molecule has 6 nitrogen and oxygen atoms in total. The van der Waals surface area contributed by atoms with Gasteiger partial charge in [-0.2, -0.15) is 5.26 Å². The van der Waals surface area contributed by atoms with Gasteiger partial charge in [0.2, 0.25) is 0 Å². The normalized spacial score (nSPS) is 10.6. The summed E-state index contributed by atoms with van der Waals surface area (Å²) in [5, 5.41) is 11.8. The number of amides is 2. The van der Waals surface area contributed by atoms with E-state index in [9.17, 15) is 4.79 Å². The summed E-state index contributed by atoms with van der Waals surface area (Å²) in [4.78, 5) is 16.4. The molecule has 0 heterocycles. The molecule has 0 aliphatic heterocycles. The van der Waals surface area contributed by atoms with Gasteiger partial charge in [0.25, 0.3) is 0 Å². The average Bonchev–Trinajstić information content (AvgIpc) is 2.62. The molecule has 1 rings (SSSR count). The van der Waals surface area contributed by atoms with Crippen LogP contribution in [0, 0.1) is 11.3 Å². The first-order chi connectivity index (χ1) is 12.0. The summed E-state index contributed by atoms with van der Waals surface area (Å²) < 4.78 is 5.67. The maximum absolute atomic E-state index is 12.4. The van der Waals surface area contributed by atoms with Crippen LogP contribution in [0.5, 0.6) is 5.75 Å². The van der Waals surface area contributed by atoms with E-state index in [2.05, 4.69) is 30.1 Å². The lowest BCUT2D eigenvalue weighted by molar-refractivity contribution is 0.165. The molecule has 0 spiro atoms. The molecule has 1 aromatic carbocycles. The van der Waals surface area contributed by atoms with Crippen molar-refractivity contribution in [1.29, 1.82) is 5.26 Å². The van der Waals surface area contributed by atoms with Crippen molar-refractivity contribution >= 4 is 6.03 Å². The lowest BCUT2D eigenvalue weighted by atomic mass is 10.2. The molecule has 0 unspecified atom stereocenters. The van der Waals surface area contributed by atoms with Gasteiger partial charge >= 0.3 is 6.03 Å². The minimum absolute atomic E-state index is 0.0643. The zero-order chi connectivity index (χ0) is 18.7. The van der Waals surface area contributed by atoms with E-state index in [1.807, 2.05) is 13.8 Å². The highest BCUT2D eigenvalue weighted by atomic mass is 16.5. The maximum atomic E-state index is 12.4. The predicted octanol–water partition coefficient (Wildman–Crippen LogP) is 2.70. The summed E-state index contributed by atoms with van der Waals surface area (Å²) in [7, 11) is 0. The van der Waals surface area contributed by atoms with Gasteiger partial charge in [0.15, 0.2) is 0 Å². The van der Waals surface area contributed by atoms with E-state index < -0.39 is 0 Å².